The largest absolute Gasteiger partial charge is 0.478 e. The van der Waals surface area contributed by atoms with E-state index < -0.39 is 5.97 Å². The van der Waals surface area contributed by atoms with Crippen molar-refractivity contribution in [1.82, 2.24) is 4.90 Å². The molecule has 0 aliphatic heterocycles. The maximum absolute atomic E-state index is 12.9. The van der Waals surface area contributed by atoms with Crippen LogP contribution in [-0.4, -0.2) is 34.7 Å². The lowest BCUT2D eigenvalue weighted by molar-refractivity contribution is -0.133. The van der Waals surface area contributed by atoms with Gasteiger partial charge in [0, 0.05) is 30.2 Å². The van der Waals surface area contributed by atoms with Gasteiger partial charge in [0.05, 0.1) is 5.56 Å². The Bertz CT molecular complexity index is 731. The zero-order valence-electron chi connectivity index (χ0n) is 14.1. The molecule has 1 N–H and O–H groups in total. The normalized spacial score (nSPS) is 11.8. The number of hydrogen-bond donors (Lipinski definition) is 1. The lowest BCUT2D eigenvalue weighted by atomic mass is 10.1. The highest BCUT2D eigenvalue weighted by Crippen LogP contribution is 2.22. The number of aromatic carboxylic acids is 1. The van der Waals surface area contributed by atoms with Crippen LogP contribution in [0.15, 0.2) is 53.4 Å². The summed E-state index contributed by atoms with van der Waals surface area (Å²) >= 11 is 1.51. The van der Waals surface area contributed by atoms with E-state index in [-0.39, 0.29) is 23.2 Å². The third-order valence-electron chi connectivity index (χ3n) is 3.73. The van der Waals surface area contributed by atoms with Crippen molar-refractivity contribution in [3.8, 4) is 0 Å². The van der Waals surface area contributed by atoms with Crippen molar-refractivity contribution < 1.29 is 19.1 Å². The van der Waals surface area contributed by atoms with Gasteiger partial charge in [-0.1, -0.05) is 19.1 Å². The summed E-state index contributed by atoms with van der Waals surface area (Å²) in [6.45, 7) is 2.28. The standard InChI is InChI=1S/C19H20FNO3S/c1-13(12-25-17-9-7-16(20)8-10-17)18(22)21(2)11-14-3-5-15(6-4-14)19(23)24/h3-10,13H,11-12H2,1-2H3,(H,23,24). The molecule has 2 aromatic carbocycles. The van der Waals surface area contributed by atoms with Crippen LogP contribution in [0.1, 0.15) is 22.8 Å². The first-order valence-corrected chi connectivity index (χ1v) is 8.81. The molecule has 0 aliphatic rings. The molecule has 2 aromatic rings. The van der Waals surface area contributed by atoms with Crippen molar-refractivity contribution in [3.05, 3.63) is 65.5 Å². The van der Waals surface area contributed by atoms with Crippen LogP contribution in [-0.2, 0) is 11.3 Å². The summed E-state index contributed by atoms with van der Waals surface area (Å²) in [6.07, 6.45) is 0. The molecular formula is C19H20FNO3S. The molecule has 132 valence electrons. The number of carboxylic acid groups (broad SMARTS) is 1. The number of thioether (sulfide) groups is 1. The second-order valence-electron chi connectivity index (χ2n) is 5.86. The van der Waals surface area contributed by atoms with Crippen molar-refractivity contribution in [1.29, 1.82) is 0 Å². The molecule has 6 heteroatoms. The SMILES string of the molecule is CC(CSc1ccc(F)cc1)C(=O)N(C)Cc1ccc(C(=O)O)cc1. The molecular weight excluding hydrogens is 341 g/mol. The minimum absolute atomic E-state index is 0.0110. The average molecular weight is 361 g/mol. The summed E-state index contributed by atoms with van der Waals surface area (Å²) in [7, 11) is 1.73. The quantitative estimate of drug-likeness (QED) is 0.760. The molecule has 1 unspecified atom stereocenters. The van der Waals surface area contributed by atoms with Gasteiger partial charge in [-0.15, -0.1) is 11.8 Å². The van der Waals surface area contributed by atoms with Crippen molar-refractivity contribution in [2.45, 2.75) is 18.4 Å². The third-order valence-corrected chi connectivity index (χ3v) is 5.00. The molecule has 2 rings (SSSR count). The van der Waals surface area contributed by atoms with E-state index in [4.69, 9.17) is 5.11 Å². The van der Waals surface area contributed by atoms with Gasteiger partial charge in [-0.3, -0.25) is 4.79 Å². The first-order valence-electron chi connectivity index (χ1n) is 7.82. The molecule has 1 atom stereocenters. The Morgan fingerprint density at radius 2 is 1.72 bits per heavy atom. The molecule has 0 fully saturated rings. The molecule has 0 aliphatic carbocycles. The highest BCUT2D eigenvalue weighted by Gasteiger charge is 2.18. The van der Waals surface area contributed by atoms with Crippen LogP contribution in [0.5, 0.6) is 0 Å². The highest BCUT2D eigenvalue weighted by atomic mass is 32.2. The summed E-state index contributed by atoms with van der Waals surface area (Å²) in [5, 5.41) is 8.90. The summed E-state index contributed by atoms with van der Waals surface area (Å²) in [5.74, 6) is -0.813. The highest BCUT2D eigenvalue weighted by molar-refractivity contribution is 7.99. The van der Waals surface area contributed by atoms with Gasteiger partial charge in [0.15, 0.2) is 0 Å². The predicted molar refractivity (Wildman–Crippen MR) is 96.2 cm³/mol. The van der Waals surface area contributed by atoms with Crippen molar-refractivity contribution in [3.63, 3.8) is 0 Å². The fraction of sp³-hybridized carbons (Fsp3) is 0.263. The second-order valence-corrected chi connectivity index (χ2v) is 6.96. The van der Waals surface area contributed by atoms with Gasteiger partial charge in [0.2, 0.25) is 5.91 Å². The molecule has 0 saturated heterocycles. The number of carbonyl (C=O) groups is 2. The van der Waals surface area contributed by atoms with Gasteiger partial charge in [-0.25, -0.2) is 9.18 Å². The number of rotatable bonds is 7. The third kappa shape index (κ3) is 5.60. The Morgan fingerprint density at radius 1 is 1.12 bits per heavy atom. The molecule has 1 amide bonds. The Morgan fingerprint density at radius 3 is 2.28 bits per heavy atom. The second kappa shape index (κ2) is 8.67. The molecule has 0 heterocycles. The van der Waals surface area contributed by atoms with Gasteiger partial charge in [0.25, 0.3) is 0 Å². The molecule has 25 heavy (non-hydrogen) atoms. The molecule has 0 radical (unpaired) electrons. The van der Waals surface area contributed by atoms with Crippen LogP contribution in [0, 0.1) is 11.7 Å². The summed E-state index contributed by atoms with van der Waals surface area (Å²) in [5.41, 5.74) is 1.10. The number of nitrogens with zero attached hydrogens (tertiary/aromatic N) is 1. The smallest absolute Gasteiger partial charge is 0.335 e. The minimum Gasteiger partial charge on any atom is -0.478 e. The van der Waals surface area contributed by atoms with Crippen molar-refractivity contribution >= 4 is 23.6 Å². The van der Waals surface area contributed by atoms with Crippen LogP contribution >= 0.6 is 11.8 Å². The van der Waals surface area contributed by atoms with Crippen LogP contribution < -0.4 is 0 Å². The van der Waals surface area contributed by atoms with E-state index in [0.717, 1.165) is 10.5 Å². The van der Waals surface area contributed by atoms with Gasteiger partial charge in [-0.05, 0) is 42.0 Å². The number of carboxylic acids is 1. The zero-order valence-corrected chi connectivity index (χ0v) is 14.9. The van der Waals surface area contributed by atoms with Crippen LogP contribution in [0.25, 0.3) is 0 Å². The van der Waals surface area contributed by atoms with Crippen LogP contribution in [0.3, 0.4) is 0 Å². The monoisotopic (exact) mass is 361 g/mol. The maximum Gasteiger partial charge on any atom is 0.335 e. The van der Waals surface area contributed by atoms with E-state index >= 15 is 0 Å². The first kappa shape index (κ1) is 19.0. The van der Waals surface area contributed by atoms with E-state index in [2.05, 4.69) is 0 Å². The lowest BCUT2D eigenvalue weighted by Crippen LogP contribution is -2.32. The minimum atomic E-state index is -0.970. The summed E-state index contributed by atoms with van der Waals surface area (Å²) < 4.78 is 12.9. The van der Waals surface area contributed by atoms with Crippen molar-refractivity contribution in [2.24, 2.45) is 5.92 Å². The number of benzene rings is 2. The van der Waals surface area contributed by atoms with E-state index in [1.807, 2.05) is 6.92 Å². The summed E-state index contributed by atoms with van der Waals surface area (Å²) in [4.78, 5) is 25.9. The van der Waals surface area contributed by atoms with Gasteiger partial charge >= 0.3 is 5.97 Å². The number of amides is 1. The Labute approximate surface area is 150 Å². The molecule has 0 bridgehead atoms. The predicted octanol–water partition coefficient (Wildman–Crippen LogP) is 3.91. The molecule has 0 spiro atoms. The summed E-state index contributed by atoms with van der Waals surface area (Å²) in [6, 6.07) is 12.7. The fourth-order valence-electron chi connectivity index (χ4n) is 2.30. The van der Waals surface area contributed by atoms with E-state index in [1.54, 1.807) is 36.2 Å². The van der Waals surface area contributed by atoms with E-state index in [0.29, 0.717) is 12.3 Å². The lowest BCUT2D eigenvalue weighted by Gasteiger charge is -2.21. The van der Waals surface area contributed by atoms with E-state index in [9.17, 15) is 14.0 Å². The van der Waals surface area contributed by atoms with Crippen LogP contribution in [0.4, 0.5) is 4.39 Å². The van der Waals surface area contributed by atoms with Crippen LogP contribution in [0.2, 0.25) is 0 Å². The Kier molecular flexibility index (Phi) is 6.58. The van der Waals surface area contributed by atoms with Gasteiger partial charge in [-0.2, -0.15) is 0 Å². The number of carbonyl (C=O) groups excluding carboxylic acids is 1. The zero-order chi connectivity index (χ0) is 18.4. The van der Waals surface area contributed by atoms with Crippen molar-refractivity contribution in [2.75, 3.05) is 12.8 Å². The molecule has 0 saturated carbocycles. The molecule has 4 nitrogen and oxygen atoms in total. The van der Waals surface area contributed by atoms with Gasteiger partial charge in [0.1, 0.15) is 5.82 Å². The fourth-order valence-corrected chi connectivity index (χ4v) is 3.22. The Balaban J connectivity index is 1.87. The Hall–Kier alpha value is -2.34. The number of halogens is 1. The number of hydrogen-bond acceptors (Lipinski definition) is 3. The average Bonchev–Trinajstić information content (AvgIpc) is 2.60. The topological polar surface area (TPSA) is 57.6 Å². The molecule has 0 aromatic heterocycles. The first-order chi connectivity index (χ1) is 11.9. The van der Waals surface area contributed by atoms with Gasteiger partial charge < -0.3 is 10.0 Å². The van der Waals surface area contributed by atoms with E-state index in [1.165, 1.54) is 36.0 Å². The maximum atomic E-state index is 12.9.